The Morgan fingerprint density at radius 1 is 1.13 bits per heavy atom. The van der Waals surface area contributed by atoms with Crippen molar-refractivity contribution in [2.75, 3.05) is 16.4 Å². The van der Waals surface area contributed by atoms with Gasteiger partial charge < -0.3 is 15.1 Å². The first-order valence-corrected chi connectivity index (χ1v) is 11.7. The van der Waals surface area contributed by atoms with Gasteiger partial charge in [-0.15, -0.1) is 21.5 Å². The molecule has 9 heteroatoms. The summed E-state index contributed by atoms with van der Waals surface area (Å²) in [4.78, 5) is 26.8. The van der Waals surface area contributed by atoms with Crippen LogP contribution in [0, 0.1) is 0 Å². The maximum Gasteiger partial charge on any atom is 0.277 e. The number of amides is 2. The normalized spacial score (nSPS) is 13.0. The van der Waals surface area contributed by atoms with Gasteiger partial charge in [-0.1, -0.05) is 36.9 Å². The number of benzene rings is 1. The van der Waals surface area contributed by atoms with E-state index in [1.165, 1.54) is 28.0 Å². The lowest BCUT2D eigenvalue weighted by Crippen LogP contribution is -2.19. The van der Waals surface area contributed by atoms with Crippen LogP contribution in [-0.2, 0) is 24.1 Å². The van der Waals surface area contributed by atoms with Gasteiger partial charge in [-0.3, -0.25) is 9.59 Å². The molecule has 0 saturated heterocycles. The Balaban J connectivity index is 1.49. The second-order valence-electron chi connectivity index (χ2n) is 6.89. The third kappa shape index (κ3) is 4.73. The minimum Gasteiger partial charge on any atom is -0.416 e. The summed E-state index contributed by atoms with van der Waals surface area (Å²) in [5, 5.41) is 14.7. The summed E-state index contributed by atoms with van der Waals surface area (Å²) in [7, 11) is 0. The fourth-order valence-electron chi connectivity index (χ4n) is 3.34. The number of hydrogen-bond donors (Lipinski definition) is 2. The van der Waals surface area contributed by atoms with Gasteiger partial charge in [0.1, 0.15) is 5.00 Å². The Labute approximate surface area is 182 Å². The van der Waals surface area contributed by atoms with Crippen molar-refractivity contribution in [2.45, 2.75) is 44.3 Å². The van der Waals surface area contributed by atoms with E-state index >= 15 is 0 Å². The molecular weight excluding hydrogens is 420 g/mol. The monoisotopic (exact) mass is 442 g/mol. The van der Waals surface area contributed by atoms with Gasteiger partial charge >= 0.3 is 0 Å². The van der Waals surface area contributed by atoms with Gasteiger partial charge in [-0.2, -0.15) is 0 Å². The lowest BCUT2D eigenvalue weighted by molar-refractivity contribution is -0.113. The van der Waals surface area contributed by atoms with Crippen LogP contribution in [0.1, 0.15) is 46.5 Å². The Kier molecular flexibility index (Phi) is 6.49. The number of para-hydroxylation sites is 1. The lowest BCUT2D eigenvalue weighted by atomic mass is 9.95. The molecular formula is C21H22N4O3S2. The molecule has 2 heterocycles. The summed E-state index contributed by atoms with van der Waals surface area (Å²) < 4.78 is 5.43. The number of carbonyl (C=O) groups excluding carboxylic acids is 2. The lowest BCUT2D eigenvalue weighted by Gasteiger charge is -2.13. The van der Waals surface area contributed by atoms with E-state index in [2.05, 4.69) is 20.8 Å². The number of rotatable bonds is 7. The number of thiophene rings is 1. The van der Waals surface area contributed by atoms with Crippen molar-refractivity contribution in [1.82, 2.24) is 10.2 Å². The highest BCUT2D eigenvalue weighted by molar-refractivity contribution is 7.99. The Hall–Kier alpha value is -2.65. The fraction of sp³-hybridized carbons (Fsp3) is 0.333. The molecule has 0 bridgehead atoms. The number of anilines is 2. The van der Waals surface area contributed by atoms with E-state index in [1.54, 1.807) is 0 Å². The van der Waals surface area contributed by atoms with Crippen LogP contribution in [0.4, 0.5) is 10.7 Å². The first-order chi connectivity index (χ1) is 14.6. The van der Waals surface area contributed by atoms with Crippen molar-refractivity contribution < 1.29 is 14.0 Å². The second kappa shape index (κ2) is 9.44. The number of fused-ring (bicyclic) bond motifs is 1. The fourth-order valence-corrected chi connectivity index (χ4v) is 5.22. The number of nitrogens with one attached hydrogen (secondary N) is 2. The quantitative estimate of drug-likeness (QED) is 0.521. The van der Waals surface area contributed by atoms with Crippen LogP contribution in [0.5, 0.6) is 0 Å². The van der Waals surface area contributed by atoms with Gasteiger partial charge in [0, 0.05) is 17.0 Å². The highest BCUT2D eigenvalue weighted by Gasteiger charge is 2.26. The average molecular weight is 443 g/mol. The molecule has 0 aliphatic heterocycles. The molecule has 1 aliphatic rings. The smallest absolute Gasteiger partial charge is 0.277 e. The number of aryl methyl sites for hydroxylation is 2. The molecule has 30 heavy (non-hydrogen) atoms. The van der Waals surface area contributed by atoms with E-state index in [1.807, 2.05) is 37.3 Å². The third-order valence-electron chi connectivity index (χ3n) is 4.76. The van der Waals surface area contributed by atoms with Gasteiger partial charge in [-0.25, -0.2) is 0 Å². The standard InChI is InChI=1S/C21H22N4O3S2/c1-2-17-24-25-21(28-17)29-12-16(26)23-20-18(14-10-6-7-11-15(14)30-20)19(27)22-13-8-4-3-5-9-13/h3-5,8-9H,2,6-7,10-12H2,1H3,(H,22,27)(H,23,26). The molecule has 3 aromatic rings. The highest BCUT2D eigenvalue weighted by atomic mass is 32.2. The topological polar surface area (TPSA) is 97.1 Å². The van der Waals surface area contributed by atoms with Crippen LogP contribution in [0.25, 0.3) is 0 Å². The molecule has 2 aromatic heterocycles. The first-order valence-electron chi connectivity index (χ1n) is 9.90. The largest absolute Gasteiger partial charge is 0.416 e. The van der Waals surface area contributed by atoms with Crippen LogP contribution in [-0.4, -0.2) is 27.8 Å². The van der Waals surface area contributed by atoms with E-state index in [0.717, 1.165) is 36.9 Å². The molecule has 2 amide bonds. The van der Waals surface area contributed by atoms with Crippen LogP contribution in [0.15, 0.2) is 40.0 Å². The number of hydrogen-bond acceptors (Lipinski definition) is 7. The van der Waals surface area contributed by atoms with Crippen LogP contribution >= 0.6 is 23.1 Å². The minimum absolute atomic E-state index is 0.133. The van der Waals surface area contributed by atoms with Crippen molar-refractivity contribution in [3.05, 3.63) is 52.2 Å². The number of thioether (sulfide) groups is 1. The van der Waals surface area contributed by atoms with Crippen LogP contribution in [0.3, 0.4) is 0 Å². The van der Waals surface area contributed by atoms with E-state index in [4.69, 9.17) is 4.42 Å². The van der Waals surface area contributed by atoms with Crippen molar-refractivity contribution in [3.63, 3.8) is 0 Å². The predicted molar refractivity (Wildman–Crippen MR) is 118 cm³/mol. The van der Waals surface area contributed by atoms with E-state index in [0.29, 0.717) is 28.1 Å². The SMILES string of the molecule is CCc1nnc(SCC(=O)Nc2sc3c(c2C(=O)Nc2ccccc2)CCCC3)o1. The van der Waals surface area contributed by atoms with Gasteiger partial charge in [-0.05, 0) is 43.4 Å². The van der Waals surface area contributed by atoms with Crippen molar-refractivity contribution in [1.29, 1.82) is 0 Å². The zero-order valence-corrected chi connectivity index (χ0v) is 18.2. The average Bonchev–Trinajstić information content (AvgIpc) is 3.37. The van der Waals surface area contributed by atoms with E-state index < -0.39 is 0 Å². The Morgan fingerprint density at radius 2 is 1.93 bits per heavy atom. The molecule has 0 fully saturated rings. The van der Waals surface area contributed by atoms with Gasteiger partial charge in [0.25, 0.3) is 11.1 Å². The maximum absolute atomic E-state index is 13.1. The Morgan fingerprint density at radius 3 is 2.70 bits per heavy atom. The summed E-state index contributed by atoms with van der Waals surface area (Å²) in [6, 6.07) is 9.35. The molecule has 2 N–H and O–H groups in total. The molecule has 0 radical (unpaired) electrons. The van der Waals surface area contributed by atoms with Gasteiger partial charge in [0.2, 0.25) is 11.8 Å². The van der Waals surface area contributed by atoms with E-state index in [9.17, 15) is 9.59 Å². The number of aromatic nitrogens is 2. The molecule has 1 aliphatic carbocycles. The summed E-state index contributed by atoms with van der Waals surface area (Å²) in [5.74, 6) is 0.286. The van der Waals surface area contributed by atoms with E-state index in [-0.39, 0.29) is 17.6 Å². The minimum atomic E-state index is -0.205. The molecule has 156 valence electrons. The maximum atomic E-state index is 13.1. The van der Waals surface area contributed by atoms with Crippen LogP contribution < -0.4 is 10.6 Å². The molecule has 0 atom stereocenters. The number of carbonyl (C=O) groups is 2. The summed E-state index contributed by atoms with van der Waals surface area (Å²) in [6.45, 7) is 1.93. The van der Waals surface area contributed by atoms with Crippen molar-refractivity contribution in [3.8, 4) is 0 Å². The molecule has 7 nitrogen and oxygen atoms in total. The molecule has 1 aromatic carbocycles. The zero-order valence-electron chi connectivity index (χ0n) is 16.6. The highest BCUT2D eigenvalue weighted by Crippen LogP contribution is 2.38. The molecule has 0 unspecified atom stereocenters. The van der Waals surface area contributed by atoms with Crippen LogP contribution in [0.2, 0.25) is 0 Å². The first kappa shape index (κ1) is 20.6. The number of nitrogens with zero attached hydrogens (tertiary/aromatic N) is 2. The third-order valence-corrected chi connectivity index (χ3v) is 6.79. The zero-order chi connectivity index (χ0) is 20.9. The second-order valence-corrected chi connectivity index (χ2v) is 8.92. The van der Waals surface area contributed by atoms with Crippen molar-refractivity contribution in [2.24, 2.45) is 0 Å². The molecule has 0 spiro atoms. The summed E-state index contributed by atoms with van der Waals surface area (Å²) >= 11 is 2.69. The van der Waals surface area contributed by atoms with Gasteiger partial charge in [0.05, 0.1) is 11.3 Å². The van der Waals surface area contributed by atoms with Gasteiger partial charge in [0.15, 0.2) is 0 Å². The summed E-state index contributed by atoms with van der Waals surface area (Å²) in [5.41, 5.74) is 2.38. The Bertz CT molecular complexity index is 1050. The summed E-state index contributed by atoms with van der Waals surface area (Å²) in [6.07, 6.45) is 4.61. The molecule has 0 saturated carbocycles. The predicted octanol–water partition coefficient (Wildman–Crippen LogP) is 4.56. The van der Waals surface area contributed by atoms with Crippen molar-refractivity contribution >= 4 is 45.6 Å². The molecule has 4 rings (SSSR count).